The molecule has 2 unspecified atom stereocenters. The average Bonchev–Trinajstić information content (AvgIpc) is 3.34. The Balaban J connectivity index is 2.47. The van der Waals surface area contributed by atoms with Crippen LogP contribution in [-0.4, -0.2) is 17.7 Å². The van der Waals surface area contributed by atoms with Crippen LogP contribution in [0.15, 0.2) is 35.9 Å². The van der Waals surface area contributed by atoms with Crippen molar-refractivity contribution in [1.29, 1.82) is 0 Å². The zero-order valence-corrected chi connectivity index (χ0v) is 19.4. The molecule has 1 saturated carbocycles. The van der Waals surface area contributed by atoms with Crippen LogP contribution in [0.25, 0.3) is 0 Å². The van der Waals surface area contributed by atoms with Gasteiger partial charge in [-0.05, 0) is 59.1 Å². The van der Waals surface area contributed by atoms with Crippen LogP contribution in [0.1, 0.15) is 90.8 Å². The molecule has 1 aliphatic rings. The van der Waals surface area contributed by atoms with Gasteiger partial charge in [0, 0.05) is 11.6 Å². The highest BCUT2D eigenvalue weighted by atomic mass is 16.5. The normalized spacial score (nSPS) is 20.2. The van der Waals surface area contributed by atoms with Crippen LogP contribution in [0.2, 0.25) is 0 Å². The molecule has 0 aliphatic heterocycles. The Kier molecular flexibility index (Phi) is 7.03. The van der Waals surface area contributed by atoms with E-state index in [1.54, 1.807) is 0 Å². The number of carbonyl (C=O) groups is 1. The van der Waals surface area contributed by atoms with Gasteiger partial charge in [-0.1, -0.05) is 72.8 Å². The van der Waals surface area contributed by atoms with Crippen LogP contribution in [0.3, 0.4) is 0 Å². The zero-order chi connectivity index (χ0) is 22.0. The molecule has 0 bridgehead atoms. The number of hydrogen-bond acceptors (Lipinski definition) is 2. The molecule has 3 nitrogen and oxygen atoms in total. The van der Waals surface area contributed by atoms with E-state index < -0.39 is 5.97 Å². The zero-order valence-electron chi connectivity index (χ0n) is 19.4. The summed E-state index contributed by atoms with van der Waals surface area (Å²) in [5.74, 6) is 1.02. The lowest BCUT2D eigenvalue weighted by Gasteiger charge is -2.29. The minimum absolute atomic E-state index is 0.000123. The predicted molar refractivity (Wildman–Crippen MR) is 121 cm³/mol. The van der Waals surface area contributed by atoms with Crippen molar-refractivity contribution in [2.24, 2.45) is 5.92 Å². The molecule has 0 spiro atoms. The molecule has 0 aromatic heterocycles. The Morgan fingerprint density at radius 3 is 2.34 bits per heavy atom. The van der Waals surface area contributed by atoms with Crippen LogP contribution in [-0.2, 0) is 15.6 Å². The summed E-state index contributed by atoms with van der Waals surface area (Å²) in [5, 5.41) is 8.90. The van der Waals surface area contributed by atoms with Crippen LogP contribution in [0, 0.1) is 5.92 Å². The van der Waals surface area contributed by atoms with Gasteiger partial charge in [-0.3, -0.25) is 0 Å². The summed E-state index contributed by atoms with van der Waals surface area (Å²) >= 11 is 0. The summed E-state index contributed by atoms with van der Waals surface area (Å²) in [5.41, 5.74) is 4.77. The summed E-state index contributed by atoms with van der Waals surface area (Å²) < 4.78 is 6.33. The van der Waals surface area contributed by atoms with E-state index in [9.17, 15) is 4.79 Å². The predicted octanol–water partition coefficient (Wildman–Crippen LogP) is 6.76. The van der Waals surface area contributed by atoms with E-state index in [2.05, 4.69) is 66.7 Å². The molecule has 1 aromatic rings. The average molecular weight is 399 g/mol. The van der Waals surface area contributed by atoms with Crippen LogP contribution in [0.5, 0.6) is 5.75 Å². The molecule has 2 atom stereocenters. The molecule has 1 N–H and O–H groups in total. The van der Waals surface area contributed by atoms with Crippen molar-refractivity contribution in [2.75, 3.05) is 6.61 Å². The molecule has 1 fully saturated rings. The van der Waals surface area contributed by atoms with E-state index in [4.69, 9.17) is 9.84 Å². The molecular formula is C26H38O3. The Morgan fingerprint density at radius 2 is 1.83 bits per heavy atom. The van der Waals surface area contributed by atoms with Gasteiger partial charge in [-0.25, -0.2) is 4.79 Å². The van der Waals surface area contributed by atoms with Crippen molar-refractivity contribution in [3.8, 4) is 5.75 Å². The van der Waals surface area contributed by atoms with Crippen molar-refractivity contribution in [3.63, 3.8) is 0 Å². The van der Waals surface area contributed by atoms with Gasteiger partial charge in [0.15, 0.2) is 0 Å². The molecule has 1 aliphatic carbocycles. The maximum absolute atomic E-state index is 10.8. The Morgan fingerprint density at radius 1 is 1.17 bits per heavy atom. The van der Waals surface area contributed by atoms with E-state index in [0.717, 1.165) is 30.8 Å². The highest BCUT2D eigenvalue weighted by Gasteiger charge is 2.40. The first kappa shape index (κ1) is 23.3. The standard InChI is InChI=1S/C26H38O3/c1-9-12-29-24-21(20-14-18(20)11-10-17(2)13-23(27)28)15-19(25(3,4)5)16-22(24)26(6,7)8/h10-11,13,15-16,18,20H,9,12,14H2,1-8H3,(H,27,28). The van der Waals surface area contributed by atoms with Crippen molar-refractivity contribution < 1.29 is 14.6 Å². The highest BCUT2D eigenvalue weighted by Crippen LogP contribution is 2.54. The molecule has 1 aromatic carbocycles. The third-order valence-corrected chi connectivity index (χ3v) is 5.44. The summed E-state index contributed by atoms with van der Waals surface area (Å²) in [6.45, 7) is 18.2. The second-order valence-electron chi connectivity index (χ2n) is 10.4. The first-order valence-corrected chi connectivity index (χ1v) is 10.8. The lowest BCUT2D eigenvalue weighted by molar-refractivity contribution is -0.131. The minimum Gasteiger partial charge on any atom is -0.493 e. The Hall–Kier alpha value is -2.03. The number of carboxylic acid groups (broad SMARTS) is 1. The third kappa shape index (κ3) is 6.22. The van der Waals surface area contributed by atoms with Gasteiger partial charge in [0.2, 0.25) is 0 Å². The maximum Gasteiger partial charge on any atom is 0.328 e. The van der Waals surface area contributed by atoms with Crippen LogP contribution >= 0.6 is 0 Å². The molecule has 0 heterocycles. The van der Waals surface area contributed by atoms with E-state index >= 15 is 0 Å². The number of allylic oxidation sites excluding steroid dienone is 3. The van der Waals surface area contributed by atoms with E-state index in [-0.39, 0.29) is 10.8 Å². The van der Waals surface area contributed by atoms with Crippen molar-refractivity contribution in [1.82, 2.24) is 0 Å². The quantitative estimate of drug-likeness (QED) is 0.407. The van der Waals surface area contributed by atoms with Gasteiger partial charge in [0.25, 0.3) is 0 Å². The molecule has 0 radical (unpaired) electrons. The third-order valence-electron chi connectivity index (χ3n) is 5.44. The van der Waals surface area contributed by atoms with Crippen molar-refractivity contribution in [3.05, 3.63) is 52.6 Å². The monoisotopic (exact) mass is 398 g/mol. The summed E-state index contributed by atoms with van der Waals surface area (Å²) in [6.07, 6.45) is 7.41. The SMILES string of the molecule is CCCOc1c(C2CC2C=CC(C)=CC(=O)O)cc(C(C)(C)C)cc1C(C)(C)C. The topological polar surface area (TPSA) is 46.5 Å². The van der Waals surface area contributed by atoms with Crippen LogP contribution in [0.4, 0.5) is 0 Å². The minimum atomic E-state index is -0.901. The molecule has 0 amide bonds. The number of ether oxygens (including phenoxy) is 1. The Bertz CT molecular complexity index is 800. The van der Waals surface area contributed by atoms with Gasteiger partial charge < -0.3 is 9.84 Å². The number of rotatable bonds is 7. The molecular weight excluding hydrogens is 360 g/mol. The first-order valence-electron chi connectivity index (χ1n) is 10.8. The maximum atomic E-state index is 10.8. The second kappa shape index (κ2) is 8.77. The number of aliphatic carboxylic acids is 1. The smallest absolute Gasteiger partial charge is 0.328 e. The summed E-state index contributed by atoms with van der Waals surface area (Å²) in [6, 6.07) is 4.68. The highest BCUT2D eigenvalue weighted by molar-refractivity contribution is 5.81. The number of benzene rings is 1. The molecule has 3 heteroatoms. The van der Waals surface area contributed by atoms with Gasteiger partial charge in [0.05, 0.1) is 6.61 Å². The van der Waals surface area contributed by atoms with E-state index in [1.165, 1.54) is 22.8 Å². The van der Waals surface area contributed by atoms with Crippen molar-refractivity contribution in [2.45, 2.75) is 85.0 Å². The summed E-state index contributed by atoms with van der Waals surface area (Å²) in [7, 11) is 0. The van der Waals surface area contributed by atoms with Crippen molar-refractivity contribution >= 4 is 5.97 Å². The molecule has 29 heavy (non-hydrogen) atoms. The van der Waals surface area contributed by atoms with Gasteiger partial charge in [-0.15, -0.1) is 0 Å². The Labute approximate surface area is 176 Å². The fourth-order valence-electron chi connectivity index (χ4n) is 3.59. The van der Waals surface area contributed by atoms with E-state index in [1.807, 2.05) is 13.0 Å². The van der Waals surface area contributed by atoms with Crippen LogP contribution < -0.4 is 4.74 Å². The number of carboxylic acids is 1. The lowest BCUT2D eigenvalue weighted by Crippen LogP contribution is -2.19. The fourth-order valence-corrected chi connectivity index (χ4v) is 3.59. The largest absolute Gasteiger partial charge is 0.493 e. The molecule has 0 saturated heterocycles. The lowest BCUT2D eigenvalue weighted by atomic mass is 9.78. The van der Waals surface area contributed by atoms with Gasteiger partial charge in [-0.2, -0.15) is 0 Å². The van der Waals surface area contributed by atoms with Gasteiger partial charge in [0.1, 0.15) is 5.75 Å². The number of hydrogen-bond donors (Lipinski definition) is 1. The summed E-state index contributed by atoms with van der Waals surface area (Å²) in [4.78, 5) is 10.8. The molecule has 160 valence electrons. The van der Waals surface area contributed by atoms with Gasteiger partial charge >= 0.3 is 5.97 Å². The molecule has 2 rings (SSSR count). The first-order chi connectivity index (χ1) is 13.3. The van der Waals surface area contributed by atoms with E-state index in [0.29, 0.717) is 11.8 Å². The second-order valence-corrected chi connectivity index (χ2v) is 10.4. The fraction of sp³-hybridized carbons (Fsp3) is 0.577.